The van der Waals surface area contributed by atoms with Crippen LogP contribution in [0.25, 0.3) is 0 Å². The summed E-state index contributed by atoms with van der Waals surface area (Å²) in [6.07, 6.45) is 1.65. The molecule has 0 unspecified atom stereocenters. The first-order valence-corrected chi connectivity index (χ1v) is 6.64. The summed E-state index contributed by atoms with van der Waals surface area (Å²) in [5, 5.41) is 14.0. The van der Waals surface area contributed by atoms with Gasteiger partial charge < -0.3 is 10.1 Å². The van der Waals surface area contributed by atoms with Gasteiger partial charge >= 0.3 is 0 Å². The van der Waals surface area contributed by atoms with Crippen molar-refractivity contribution in [1.29, 1.82) is 0 Å². The minimum atomic E-state index is -0.387. The molecule has 0 bridgehead atoms. The third kappa shape index (κ3) is 3.47. The van der Waals surface area contributed by atoms with Gasteiger partial charge in [-0.1, -0.05) is 0 Å². The number of nitro groups is 1. The van der Waals surface area contributed by atoms with E-state index >= 15 is 0 Å². The van der Waals surface area contributed by atoms with Crippen LogP contribution in [-0.2, 0) is 0 Å². The molecule has 6 heteroatoms. The number of pyridine rings is 1. The van der Waals surface area contributed by atoms with Gasteiger partial charge in [-0.05, 0) is 38.5 Å². The third-order valence-electron chi connectivity index (χ3n) is 3.01. The highest BCUT2D eigenvalue weighted by molar-refractivity contribution is 5.51. The summed E-state index contributed by atoms with van der Waals surface area (Å²) in [4.78, 5) is 14.7. The molecule has 0 atom stereocenters. The molecule has 1 heterocycles. The number of benzene rings is 1. The fourth-order valence-electron chi connectivity index (χ4n) is 1.96. The molecule has 0 radical (unpaired) electrons. The Kier molecular flexibility index (Phi) is 4.37. The smallest absolute Gasteiger partial charge is 0.272 e. The van der Waals surface area contributed by atoms with Crippen molar-refractivity contribution in [2.45, 2.75) is 20.8 Å². The van der Waals surface area contributed by atoms with Crippen molar-refractivity contribution in [3.8, 4) is 11.5 Å². The Morgan fingerprint density at radius 3 is 2.71 bits per heavy atom. The zero-order valence-electron chi connectivity index (χ0n) is 12.2. The van der Waals surface area contributed by atoms with E-state index in [4.69, 9.17) is 4.74 Å². The first-order valence-electron chi connectivity index (χ1n) is 6.64. The van der Waals surface area contributed by atoms with Crippen LogP contribution in [0.2, 0.25) is 0 Å². The topological polar surface area (TPSA) is 77.3 Å². The van der Waals surface area contributed by atoms with Crippen LogP contribution in [-0.4, -0.2) is 16.5 Å². The fraction of sp³-hybridized carbons (Fsp3) is 0.267. The Labute approximate surface area is 122 Å². The molecule has 110 valence electrons. The van der Waals surface area contributed by atoms with Crippen molar-refractivity contribution < 1.29 is 9.66 Å². The molecule has 21 heavy (non-hydrogen) atoms. The van der Waals surface area contributed by atoms with E-state index in [1.54, 1.807) is 38.2 Å². The first-order chi connectivity index (χ1) is 10.0. The average molecular weight is 287 g/mol. The van der Waals surface area contributed by atoms with Gasteiger partial charge in [0.25, 0.3) is 5.69 Å². The Hall–Kier alpha value is -2.63. The summed E-state index contributed by atoms with van der Waals surface area (Å²) >= 11 is 0. The SMILES string of the molecule is CCNc1cc(Oc2cc(C)c([N+](=O)[O-])cc2C)ccn1. The number of nitrogens with one attached hydrogen (secondary N) is 1. The molecule has 0 spiro atoms. The lowest BCUT2D eigenvalue weighted by Crippen LogP contribution is -1.99. The number of nitro benzene ring substituents is 1. The van der Waals surface area contributed by atoms with E-state index < -0.39 is 0 Å². The van der Waals surface area contributed by atoms with E-state index in [-0.39, 0.29) is 10.6 Å². The Bertz CT molecular complexity index is 671. The lowest BCUT2D eigenvalue weighted by atomic mass is 10.1. The van der Waals surface area contributed by atoms with Crippen molar-refractivity contribution in [3.05, 3.63) is 51.7 Å². The van der Waals surface area contributed by atoms with Gasteiger partial charge in [-0.25, -0.2) is 4.98 Å². The monoisotopic (exact) mass is 287 g/mol. The van der Waals surface area contributed by atoms with Crippen LogP contribution < -0.4 is 10.1 Å². The van der Waals surface area contributed by atoms with Crippen LogP contribution in [0.3, 0.4) is 0 Å². The molecular weight excluding hydrogens is 270 g/mol. The van der Waals surface area contributed by atoms with Gasteiger partial charge in [-0.15, -0.1) is 0 Å². The van der Waals surface area contributed by atoms with Crippen LogP contribution in [0.4, 0.5) is 11.5 Å². The quantitative estimate of drug-likeness (QED) is 0.668. The molecule has 0 fully saturated rings. The van der Waals surface area contributed by atoms with Crippen molar-refractivity contribution in [2.75, 3.05) is 11.9 Å². The van der Waals surface area contributed by atoms with E-state index in [0.717, 1.165) is 12.4 Å². The normalized spacial score (nSPS) is 10.2. The number of ether oxygens (including phenoxy) is 1. The summed E-state index contributed by atoms with van der Waals surface area (Å²) in [5.41, 5.74) is 1.39. The second kappa shape index (κ2) is 6.21. The Morgan fingerprint density at radius 2 is 2.05 bits per heavy atom. The minimum Gasteiger partial charge on any atom is -0.457 e. The Morgan fingerprint density at radius 1 is 1.29 bits per heavy atom. The van der Waals surface area contributed by atoms with E-state index in [0.29, 0.717) is 22.6 Å². The van der Waals surface area contributed by atoms with Crippen molar-refractivity contribution in [1.82, 2.24) is 4.98 Å². The highest BCUT2D eigenvalue weighted by Gasteiger charge is 2.14. The van der Waals surface area contributed by atoms with Gasteiger partial charge in [-0.3, -0.25) is 10.1 Å². The minimum absolute atomic E-state index is 0.0999. The lowest BCUT2D eigenvalue weighted by molar-refractivity contribution is -0.385. The number of hydrogen-bond acceptors (Lipinski definition) is 5. The predicted octanol–water partition coefficient (Wildman–Crippen LogP) is 3.83. The zero-order chi connectivity index (χ0) is 15.4. The van der Waals surface area contributed by atoms with Crippen molar-refractivity contribution in [2.24, 2.45) is 0 Å². The summed E-state index contributed by atoms with van der Waals surface area (Å²) in [6.45, 7) is 6.24. The maximum atomic E-state index is 10.9. The van der Waals surface area contributed by atoms with Crippen LogP contribution in [0.15, 0.2) is 30.5 Å². The van der Waals surface area contributed by atoms with E-state index in [1.165, 1.54) is 6.07 Å². The summed E-state index contributed by atoms with van der Waals surface area (Å²) < 4.78 is 5.81. The van der Waals surface area contributed by atoms with Gasteiger partial charge in [0.05, 0.1) is 4.92 Å². The van der Waals surface area contributed by atoms with Gasteiger partial charge in [-0.2, -0.15) is 0 Å². The molecule has 1 N–H and O–H groups in total. The molecule has 2 rings (SSSR count). The molecule has 0 saturated carbocycles. The second-order valence-corrected chi connectivity index (χ2v) is 4.67. The van der Waals surface area contributed by atoms with Crippen LogP contribution >= 0.6 is 0 Å². The molecule has 0 aliphatic heterocycles. The molecule has 0 aliphatic carbocycles. The summed E-state index contributed by atoms with van der Waals surface area (Å²) in [6, 6.07) is 6.74. The lowest BCUT2D eigenvalue weighted by Gasteiger charge is -2.11. The fourth-order valence-corrected chi connectivity index (χ4v) is 1.96. The van der Waals surface area contributed by atoms with Crippen molar-refractivity contribution >= 4 is 11.5 Å². The summed E-state index contributed by atoms with van der Waals surface area (Å²) in [7, 11) is 0. The number of rotatable bonds is 5. The number of aromatic nitrogens is 1. The van der Waals surface area contributed by atoms with Crippen LogP contribution in [0.1, 0.15) is 18.1 Å². The molecule has 1 aromatic carbocycles. The van der Waals surface area contributed by atoms with Crippen LogP contribution in [0.5, 0.6) is 11.5 Å². The molecular formula is C15H17N3O3. The van der Waals surface area contributed by atoms with E-state index in [9.17, 15) is 10.1 Å². The molecule has 0 saturated heterocycles. The standard InChI is InChI=1S/C15H17N3O3/c1-4-16-15-9-12(5-6-17-15)21-14-8-10(2)13(18(19)20)7-11(14)3/h5-9H,4H2,1-3H3,(H,16,17). The molecule has 0 amide bonds. The van der Waals surface area contributed by atoms with Crippen LogP contribution in [0, 0.1) is 24.0 Å². The number of hydrogen-bond donors (Lipinski definition) is 1. The average Bonchev–Trinajstić information content (AvgIpc) is 2.43. The van der Waals surface area contributed by atoms with Gasteiger partial charge in [0, 0.05) is 30.4 Å². The van der Waals surface area contributed by atoms with E-state index in [2.05, 4.69) is 10.3 Å². The first kappa shape index (κ1) is 14.8. The highest BCUT2D eigenvalue weighted by Crippen LogP contribution is 2.31. The second-order valence-electron chi connectivity index (χ2n) is 4.67. The highest BCUT2D eigenvalue weighted by atomic mass is 16.6. The van der Waals surface area contributed by atoms with Crippen molar-refractivity contribution in [3.63, 3.8) is 0 Å². The maximum absolute atomic E-state index is 10.9. The molecule has 2 aromatic rings. The van der Waals surface area contributed by atoms with E-state index in [1.807, 2.05) is 6.92 Å². The van der Waals surface area contributed by atoms with Gasteiger partial charge in [0.15, 0.2) is 0 Å². The number of aryl methyl sites for hydroxylation is 2. The Balaban J connectivity index is 2.29. The van der Waals surface area contributed by atoms with Gasteiger partial charge in [0.2, 0.25) is 0 Å². The molecule has 6 nitrogen and oxygen atoms in total. The number of nitrogens with zero attached hydrogens (tertiary/aromatic N) is 2. The third-order valence-corrected chi connectivity index (χ3v) is 3.01. The maximum Gasteiger partial charge on any atom is 0.272 e. The molecule has 0 aliphatic rings. The molecule has 1 aromatic heterocycles. The predicted molar refractivity (Wildman–Crippen MR) is 81.0 cm³/mol. The summed E-state index contributed by atoms with van der Waals surface area (Å²) in [5.74, 6) is 1.97. The van der Waals surface area contributed by atoms with Gasteiger partial charge in [0.1, 0.15) is 17.3 Å². The number of anilines is 1. The zero-order valence-corrected chi connectivity index (χ0v) is 12.2. The largest absolute Gasteiger partial charge is 0.457 e.